The van der Waals surface area contributed by atoms with Crippen molar-refractivity contribution in [3.8, 4) is 0 Å². The van der Waals surface area contributed by atoms with Gasteiger partial charge in [0.25, 0.3) is 5.71 Å². The average Bonchev–Trinajstić information content (AvgIpc) is 3.03. The van der Waals surface area contributed by atoms with E-state index in [4.69, 9.17) is 4.52 Å². The van der Waals surface area contributed by atoms with Gasteiger partial charge in [-0.1, -0.05) is 11.2 Å². The van der Waals surface area contributed by atoms with E-state index in [2.05, 4.69) is 25.0 Å². The maximum absolute atomic E-state index is 12.7. The zero-order valence-corrected chi connectivity index (χ0v) is 13.3. The first kappa shape index (κ1) is 14.7. The average molecular weight is 323 g/mol. The number of hydrogen-bond donors (Lipinski definition) is 0. The molecule has 0 saturated carbocycles. The van der Waals surface area contributed by atoms with E-state index in [1.807, 2.05) is 19.1 Å². The normalized spacial score (nSPS) is 18.0. The molecule has 122 valence electrons. The van der Waals surface area contributed by atoms with E-state index >= 15 is 0 Å². The number of nitrogens with zero attached hydrogens (tertiary/aromatic N) is 5. The molecule has 7 heteroatoms. The maximum Gasteiger partial charge on any atom is 0.263 e. The fraction of sp³-hybridized carbons (Fsp3) is 0.353. The molecule has 3 aromatic rings. The van der Waals surface area contributed by atoms with Crippen LogP contribution in [-0.4, -0.2) is 39.0 Å². The summed E-state index contributed by atoms with van der Waals surface area (Å²) in [5, 5.41) is 4.79. The largest absolute Gasteiger partial charge is 0.355 e. The second-order valence-electron chi connectivity index (χ2n) is 6.01. The number of ketones is 1. The predicted molar refractivity (Wildman–Crippen MR) is 87.8 cm³/mol. The Morgan fingerprint density at radius 2 is 2.21 bits per heavy atom. The van der Waals surface area contributed by atoms with Crippen molar-refractivity contribution in [3.05, 3.63) is 42.1 Å². The molecule has 0 spiro atoms. The molecule has 24 heavy (non-hydrogen) atoms. The summed E-state index contributed by atoms with van der Waals surface area (Å²) < 4.78 is 5.22. The summed E-state index contributed by atoms with van der Waals surface area (Å²) in [6.07, 6.45) is 4.93. The molecule has 0 aliphatic carbocycles. The summed E-state index contributed by atoms with van der Waals surface area (Å²) in [5.41, 5.74) is 1.77. The van der Waals surface area contributed by atoms with Crippen molar-refractivity contribution >= 4 is 22.7 Å². The Morgan fingerprint density at radius 1 is 1.29 bits per heavy atom. The minimum absolute atomic E-state index is 0.0844. The molecule has 0 amide bonds. The van der Waals surface area contributed by atoms with E-state index in [9.17, 15) is 4.79 Å². The summed E-state index contributed by atoms with van der Waals surface area (Å²) in [7, 11) is 0. The van der Waals surface area contributed by atoms with Gasteiger partial charge in [0.2, 0.25) is 0 Å². The van der Waals surface area contributed by atoms with Crippen molar-refractivity contribution in [2.24, 2.45) is 5.92 Å². The molecule has 1 saturated heterocycles. The van der Waals surface area contributed by atoms with Gasteiger partial charge in [0, 0.05) is 25.2 Å². The zero-order valence-electron chi connectivity index (χ0n) is 13.3. The fourth-order valence-corrected chi connectivity index (χ4v) is 3.24. The summed E-state index contributed by atoms with van der Waals surface area (Å²) in [6.45, 7) is 3.34. The van der Waals surface area contributed by atoms with Crippen LogP contribution in [-0.2, 0) is 0 Å². The van der Waals surface area contributed by atoms with Gasteiger partial charge in [-0.05, 0) is 31.9 Å². The van der Waals surface area contributed by atoms with Crippen LogP contribution in [0.15, 0.2) is 35.2 Å². The van der Waals surface area contributed by atoms with Crippen molar-refractivity contribution in [1.82, 2.24) is 20.1 Å². The van der Waals surface area contributed by atoms with Crippen molar-refractivity contribution in [2.75, 3.05) is 18.0 Å². The third kappa shape index (κ3) is 2.51. The number of pyridine rings is 1. The van der Waals surface area contributed by atoms with Gasteiger partial charge in [0.1, 0.15) is 23.2 Å². The Labute approximate surface area is 138 Å². The molecule has 0 aromatic carbocycles. The van der Waals surface area contributed by atoms with Crippen LogP contribution in [0, 0.1) is 12.8 Å². The number of hydrogen-bond acceptors (Lipinski definition) is 7. The number of anilines is 1. The lowest BCUT2D eigenvalue weighted by Crippen LogP contribution is -2.39. The molecule has 4 rings (SSSR count). The highest BCUT2D eigenvalue weighted by molar-refractivity contribution is 5.97. The highest BCUT2D eigenvalue weighted by atomic mass is 16.5. The molecule has 1 aliphatic rings. The standard InChI is InChI=1S/C17H17N5O2/c1-11-14-16(19-10-20-17(14)24-21-11)22-8-4-5-12(9-22)15(23)13-6-2-3-7-18-13/h2-3,6-7,10,12H,4-5,8-9H2,1H3. The topological polar surface area (TPSA) is 85.0 Å². The second-order valence-corrected chi connectivity index (χ2v) is 6.01. The molecule has 7 nitrogen and oxygen atoms in total. The van der Waals surface area contributed by atoms with E-state index in [1.165, 1.54) is 6.33 Å². The Kier molecular flexibility index (Phi) is 3.68. The highest BCUT2D eigenvalue weighted by Gasteiger charge is 2.29. The van der Waals surface area contributed by atoms with Crippen LogP contribution in [0.4, 0.5) is 5.82 Å². The molecule has 0 radical (unpaired) electrons. The van der Waals surface area contributed by atoms with Crippen LogP contribution in [0.2, 0.25) is 0 Å². The monoisotopic (exact) mass is 323 g/mol. The number of fused-ring (bicyclic) bond motifs is 1. The van der Waals surface area contributed by atoms with Gasteiger partial charge in [-0.2, -0.15) is 4.98 Å². The van der Waals surface area contributed by atoms with E-state index in [-0.39, 0.29) is 11.7 Å². The van der Waals surface area contributed by atoms with Crippen LogP contribution in [0.3, 0.4) is 0 Å². The fourth-order valence-electron chi connectivity index (χ4n) is 3.24. The van der Waals surface area contributed by atoms with Gasteiger partial charge < -0.3 is 9.42 Å². The lowest BCUT2D eigenvalue weighted by molar-refractivity contribution is 0.0902. The zero-order chi connectivity index (χ0) is 16.5. The van der Waals surface area contributed by atoms with Crippen LogP contribution in [0.25, 0.3) is 11.1 Å². The molecule has 0 bridgehead atoms. The third-order valence-corrected chi connectivity index (χ3v) is 4.43. The molecule has 0 N–H and O–H groups in total. The van der Waals surface area contributed by atoms with Gasteiger partial charge in [-0.3, -0.25) is 9.78 Å². The Morgan fingerprint density at radius 3 is 3.04 bits per heavy atom. The van der Waals surface area contributed by atoms with Gasteiger partial charge in [-0.15, -0.1) is 0 Å². The molecular weight excluding hydrogens is 306 g/mol. The Bertz CT molecular complexity index is 877. The van der Waals surface area contributed by atoms with E-state index < -0.39 is 0 Å². The van der Waals surface area contributed by atoms with Gasteiger partial charge in [-0.25, -0.2) is 4.98 Å². The SMILES string of the molecule is Cc1noc2ncnc(N3CCCC(C(=O)c4ccccn4)C3)c12. The first-order chi connectivity index (χ1) is 11.7. The number of rotatable bonds is 3. The number of piperidine rings is 1. The van der Waals surface area contributed by atoms with Gasteiger partial charge in [0.05, 0.1) is 5.69 Å². The lowest BCUT2D eigenvalue weighted by atomic mass is 9.92. The number of aryl methyl sites for hydroxylation is 1. The van der Waals surface area contributed by atoms with E-state index in [1.54, 1.807) is 12.3 Å². The number of Topliss-reactive ketones (excluding diaryl/α,β-unsaturated/α-hetero) is 1. The number of carbonyl (C=O) groups excluding carboxylic acids is 1. The predicted octanol–water partition coefficient (Wildman–Crippen LogP) is 2.42. The minimum Gasteiger partial charge on any atom is -0.355 e. The smallest absolute Gasteiger partial charge is 0.263 e. The molecule has 3 aromatic heterocycles. The Balaban J connectivity index is 1.63. The highest BCUT2D eigenvalue weighted by Crippen LogP contribution is 2.30. The first-order valence-electron chi connectivity index (χ1n) is 8.01. The summed E-state index contributed by atoms with van der Waals surface area (Å²) >= 11 is 0. The van der Waals surface area contributed by atoms with E-state index in [0.717, 1.165) is 36.3 Å². The maximum atomic E-state index is 12.7. The lowest BCUT2D eigenvalue weighted by Gasteiger charge is -2.32. The van der Waals surface area contributed by atoms with Crippen LogP contribution >= 0.6 is 0 Å². The van der Waals surface area contributed by atoms with E-state index in [0.29, 0.717) is 18.0 Å². The minimum atomic E-state index is -0.0844. The quantitative estimate of drug-likeness (QED) is 0.684. The molecule has 1 fully saturated rings. The summed E-state index contributed by atoms with van der Waals surface area (Å²) in [5.74, 6) is 0.795. The second kappa shape index (κ2) is 5.99. The number of aromatic nitrogens is 4. The molecule has 4 heterocycles. The van der Waals surface area contributed by atoms with Crippen molar-refractivity contribution in [2.45, 2.75) is 19.8 Å². The van der Waals surface area contributed by atoms with Crippen molar-refractivity contribution in [3.63, 3.8) is 0 Å². The summed E-state index contributed by atoms with van der Waals surface area (Å²) in [6, 6.07) is 5.43. The summed E-state index contributed by atoms with van der Waals surface area (Å²) in [4.78, 5) is 27.6. The van der Waals surface area contributed by atoms with Crippen molar-refractivity contribution in [1.29, 1.82) is 0 Å². The molecule has 1 atom stereocenters. The third-order valence-electron chi connectivity index (χ3n) is 4.43. The molecule has 1 unspecified atom stereocenters. The van der Waals surface area contributed by atoms with Gasteiger partial charge >= 0.3 is 0 Å². The molecule has 1 aliphatic heterocycles. The molecular formula is C17H17N5O2. The Hall–Kier alpha value is -2.83. The van der Waals surface area contributed by atoms with Crippen LogP contribution in [0.1, 0.15) is 29.0 Å². The first-order valence-corrected chi connectivity index (χ1v) is 8.01. The number of carbonyl (C=O) groups is 1. The van der Waals surface area contributed by atoms with Crippen molar-refractivity contribution < 1.29 is 9.32 Å². The van der Waals surface area contributed by atoms with Crippen LogP contribution < -0.4 is 4.90 Å². The van der Waals surface area contributed by atoms with Crippen LogP contribution in [0.5, 0.6) is 0 Å². The van der Waals surface area contributed by atoms with Gasteiger partial charge in [0.15, 0.2) is 5.78 Å².